The zero-order chi connectivity index (χ0) is 17.5. The summed E-state index contributed by atoms with van der Waals surface area (Å²) in [5.41, 5.74) is 3.05. The lowest BCUT2D eigenvalue weighted by molar-refractivity contribution is -0.130. The molecule has 1 fully saturated rings. The average molecular weight is 329 g/mol. The van der Waals surface area contributed by atoms with Crippen molar-refractivity contribution in [3.63, 3.8) is 0 Å². The summed E-state index contributed by atoms with van der Waals surface area (Å²) in [6.07, 6.45) is 2.07. The minimum atomic E-state index is -0.0534. The molecule has 0 saturated carbocycles. The van der Waals surface area contributed by atoms with Gasteiger partial charge in [0.05, 0.1) is 0 Å². The number of likely N-dealkylation sites (tertiary alicyclic amines) is 1. The highest BCUT2D eigenvalue weighted by Crippen LogP contribution is 2.45. The highest BCUT2D eigenvalue weighted by atomic mass is 16.2. The number of likely N-dealkylation sites (N-methyl/N-ethyl adjacent to an activating group) is 1. The van der Waals surface area contributed by atoms with Crippen LogP contribution in [0.3, 0.4) is 0 Å². The summed E-state index contributed by atoms with van der Waals surface area (Å²) in [5.74, 6) is 0.107. The Labute approximate surface area is 144 Å². The molecule has 24 heavy (non-hydrogen) atoms. The molecule has 130 valence electrons. The van der Waals surface area contributed by atoms with Crippen LogP contribution in [0, 0.1) is 0 Å². The van der Waals surface area contributed by atoms with E-state index in [1.54, 1.807) is 6.92 Å². The summed E-state index contributed by atoms with van der Waals surface area (Å²) < 4.78 is 0. The zero-order valence-corrected chi connectivity index (χ0v) is 15.1. The zero-order valence-electron chi connectivity index (χ0n) is 15.1. The maximum Gasteiger partial charge on any atom is 0.251 e. The maximum absolute atomic E-state index is 12.4. The lowest BCUT2D eigenvalue weighted by Crippen LogP contribution is -2.49. The normalized spacial score (nSPS) is 22.9. The molecule has 0 radical (unpaired) electrons. The molecule has 1 N–H and O–H groups in total. The van der Waals surface area contributed by atoms with Crippen LogP contribution in [0.15, 0.2) is 18.2 Å². The number of hydrogen-bond donors (Lipinski definition) is 1. The van der Waals surface area contributed by atoms with Crippen molar-refractivity contribution < 1.29 is 9.59 Å². The molecule has 1 aromatic rings. The van der Waals surface area contributed by atoms with E-state index in [-0.39, 0.29) is 23.3 Å². The quantitative estimate of drug-likeness (QED) is 0.904. The summed E-state index contributed by atoms with van der Waals surface area (Å²) in [5, 5.41) is 2.96. The molecular formula is C19H27N3O2. The largest absolute Gasteiger partial charge is 0.373 e. The lowest BCUT2D eigenvalue weighted by atomic mass is 9.75. The van der Waals surface area contributed by atoms with Gasteiger partial charge in [0.2, 0.25) is 5.91 Å². The van der Waals surface area contributed by atoms with Gasteiger partial charge in [-0.3, -0.25) is 9.59 Å². The number of piperidine rings is 1. The summed E-state index contributed by atoms with van der Waals surface area (Å²) in [6, 6.07) is 6.11. The van der Waals surface area contributed by atoms with Crippen molar-refractivity contribution >= 4 is 17.5 Å². The number of nitrogens with one attached hydrogen (secondary N) is 1. The highest BCUT2D eigenvalue weighted by Gasteiger charge is 2.45. The van der Waals surface area contributed by atoms with Gasteiger partial charge in [0, 0.05) is 56.3 Å². The second kappa shape index (κ2) is 6.11. The Morgan fingerprint density at radius 2 is 2.00 bits per heavy atom. The molecule has 1 aromatic carbocycles. The third-order valence-electron chi connectivity index (χ3n) is 5.22. The van der Waals surface area contributed by atoms with Crippen molar-refractivity contribution in [3.8, 4) is 0 Å². The third-order valence-corrected chi connectivity index (χ3v) is 5.22. The molecule has 1 spiro atoms. The first-order valence-corrected chi connectivity index (χ1v) is 8.74. The second-order valence-electron chi connectivity index (χ2n) is 7.54. The van der Waals surface area contributed by atoms with Crippen molar-refractivity contribution in [2.24, 2.45) is 0 Å². The number of rotatable bonds is 2. The van der Waals surface area contributed by atoms with Crippen molar-refractivity contribution in [3.05, 3.63) is 29.3 Å². The van der Waals surface area contributed by atoms with Crippen LogP contribution in [-0.4, -0.2) is 49.4 Å². The maximum atomic E-state index is 12.4. The van der Waals surface area contributed by atoms with E-state index in [9.17, 15) is 9.59 Å². The number of carbonyl (C=O) groups is 2. The van der Waals surface area contributed by atoms with Crippen molar-refractivity contribution in [2.75, 3.05) is 31.6 Å². The standard InChI is InChI=1S/C19H27N3O2/c1-13(2)20-18(24)15-6-7-17-16(10-15)19(11-21(17)4)8-5-9-22(12-19)14(3)23/h6-7,10,13H,5,8-9,11-12H2,1-4H3,(H,20,24). The van der Waals surface area contributed by atoms with Crippen molar-refractivity contribution in [1.29, 1.82) is 0 Å². The lowest BCUT2D eigenvalue weighted by Gasteiger charge is -2.40. The van der Waals surface area contributed by atoms with E-state index >= 15 is 0 Å². The van der Waals surface area contributed by atoms with Crippen molar-refractivity contribution in [1.82, 2.24) is 10.2 Å². The van der Waals surface area contributed by atoms with E-state index in [4.69, 9.17) is 0 Å². The van der Waals surface area contributed by atoms with Crippen LogP contribution in [-0.2, 0) is 10.2 Å². The van der Waals surface area contributed by atoms with Crippen LogP contribution in [0.2, 0.25) is 0 Å². The smallest absolute Gasteiger partial charge is 0.251 e. The Morgan fingerprint density at radius 3 is 2.67 bits per heavy atom. The number of carbonyl (C=O) groups excluding carboxylic acids is 2. The number of nitrogens with zero attached hydrogens (tertiary/aromatic N) is 2. The first-order valence-electron chi connectivity index (χ1n) is 8.74. The first kappa shape index (κ1) is 16.8. The van der Waals surface area contributed by atoms with Gasteiger partial charge < -0.3 is 15.1 Å². The molecular weight excluding hydrogens is 302 g/mol. The third kappa shape index (κ3) is 2.87. The molecule has 3 rings (SSSR count). The number of amides is 2. The van der Waals surface area contributed by atoms with Gasteiger partial charge >= 0.3 is 0 Å². The van der Waals surface area contributed by atoms with Crippen LogP contribution >= 0.6 is 0 Å². The van der Waals surface area contributed by atoms with Crippen molar-refractivity contribution in [2.45, 2.75) is 45.1 Å². The Balaban J connectivity index is 1.97. The first-order chi connectivity index (χ1) is 11.3. The molecule has 1 unspecified atom stereocenters. The molecule has 2 heterocycles. The van der Waals surface area contributed by atoms with E-state index in [0.29, 0.717) is 5.56 Å². The summed E-state index contributed by atoms with van der Waals surface area (Å²) in [7, 11) is 2.09. The van der Waals surface area contributed by atoms with Gasteiger partial charge in [-0.15, -0.1) is 0 Å². The molecule has 1 saturated heterocycles. The predicted molar refractivity (Wildman–Crippen MR) is 95.5 cm³/mol. The Hall–Kier alpha value is -2.04. The summed E-state index contributed by atoms with van der Waals surface area (Å²) >= 11 is 0. The Bertz CT molecular complexity index is 671. The van der Waals surface area contributed by atoms with Crippen LogP contribution in [0.5, 0.6) is 0 Å². The molecule has 0 aromatic heterocycles. The van der Waals surface area contributed by atoms with Crippen LogP contribution < -0.4 is 10.2 Å². The number of benzene rings is 1. The van der Waals surface area contributed by atoms with E-state index < -0.39 is 0 Å². The summed E-state index contributed by atoms with van der Waals surface area (Å²) in [6.45, 7) is 8.06. The summed E-state index contributed by atoms with van der Waals surface area (Å²) in [4.78, 5) is 28.5. The molecule has 2 aliphatic rings. The molecule has 0 aliphatic carbocycles. The fourth-order valence-corrected chi connectivity index (χ4v) is 4.15. The van der Waals surface area contributed by atoms with Crippen LogP contribution in [0.4, 0.5) is 5.69 Å². The van der Waals surface area contributed by atoms with Crippen LogP contribution in [0.1, 0.15) is 49.5 Å². The molecule has 5 heteroatoms. The number of anilines is 1. The number of hydrogen-bond acceptors (Lipinski definition) is 3. The Morgan fingerprint density at radius 1 is 1.25 bits per heavy atom. The predicted octanol–water partition coefficient (Wildman–Crippen LogP) is 2.15. The average Bonchev–Trinajstić information content (AvgIpc) is 2.78. The second-order valence-corrected chi connectivity index (χ2v) is 7.54. The van der Waals surface area contributed by atoms with Gasteiger partial charge in [-0.2, -0.15) is 0 Å². The number of fused-ring (bicyclic) bond motifs is 2. The van der Waals surface area contributed by atoms with Gasteiger partial charge in [0.25, 0.3) is 5.91 Å². The highest BCUT2D eigenvalue weighted by molar-refractivity contribution is 5.95. The molecule has 2 aliphatic heterocycles. The molecule has 5 nitrogen and oxygen atoms in total. The molecule has 0 bridgehead atoms. The van der Waals surface area contributed by atoms with E-state index in [0.717, 1.165) is 32.5 Å². The fraction of sp³-hybridized carbons (Fsp3) is 0.579. The van der Waals surface area contributed by atoms with Gasteiger partial charge in [0.15, 0.2) is 0 Å². The van der Waals surface area contributed by atoms with E-state index in [1.807, 2.05) is 36.9 Å². The molecule has 2 amide bonds. The Kier molecular flexibility index (Phi) is 4.28. The van der Waals surface area contributed by atoms with Crippen LogP contribution in [0.25, 0.3) is 0 Å². The SMILES string of the molecule is CC(=O)N1CCCC2(C1)CN(C)c1ccc(C(=O)NC(C)C)cc12. The van der Waals surface area contributed by atoms with Gasteiger partial charge in [-0.05, 0) is 50.5 Å². The molecule has 1 atom stereocenters. The van der Waals surface area contributed by atoms with E-state index in [2.05, 4.69) is 17.3 Å². The van der Waals surface area contributed by atoms with Gasteiger partial charge in [-0.25, -0.2) is 0 Å². The van der Waals surface area contributed by atoms with Gasteiger partial charge in [0.1, 0.15) is 0 Å². The monoisotopic (exact) mass is 329 g/mol. The van der Waals surface area contributed by atoms with E-state index in [1.165, 1.54) is 11.3 Å². The minimum Gasteiger partial charge on any atom is -0.373 e. The minimum absolute atomic E-state index is 0.0308. The fourth-order valence-electron chi connectivity index (χ4n) is 4.15. The topological polar surface area (TPSA) is 52.7 Å². The van der Waals surface area contributed by atoms with Gasteiger partial charge in [-0.1, -0.05) is 0 Å².